The average Bonchev–Trinajstić information content (AvgIpc) is 2.54. The molecule has 1 aromatic heterocycles. The van der Waals surface area contributed by atoms with Crippen molar-refractivity contribution in [1.82, 2.24) is 20.5 Å². The van der Waals surface area contributed by atoms with Gasteiger partial charge < -0.3 is 20.3 Å². The maximum atomic E-state index is 5.06. The Labute approximate surface area is 157 Å². The fourth-order valence-electron chi connectivity index (χ4n) is 2.03. The van der Waals surface area contributed by atoms with Crippen LogP contribution < -0.4 is 10.6 Å². The standard InChI is InChI=1S/C16H29N5O.HI/c1-17-16(19-10-8-15-7-4-5-9-18-15)20-11-13-21(2)12-6-14-22-3;/h4-5,7,9H,6,8,10-14H2,1-3H3,(H2,17,19,20);1H. The number of halogens is 1. The minimum absolute atomic E-state index is 0. The number of likely N-dealkylation sites (N-methyl/N-ethyl adjacent to an activating group) is 1. The SMILES string of the molecule is CN=C(NCCc1ccccn1)NCCN(C)CCCOC.I. The molecule has 1 aromatic rings. The maximum Gasteiger partial charge on any atom is 0.191 e. The van der Waals surface area contributed by atoms with Gasteiger partial charge in [-0.25, -0.2) is 0 Å². The number of nitrogens with zero attached hydrogens (tertiary/aromatic N) is 3. The van der Waals surface area contributed by atoms with Gasteiger partial charge in [0.05, 0.1) is 0 Å². The molecule has 0 bridgehead atoms. The summed E-state index contributed by atoms with van der Waals surface area (Å²) in [6.45, 7) is 4.52. The van der Waals surface area contributed by atoms with E-state index >= 15 is 0 Å². The van der Waals surface area contributed by atoms with E-state index in [1.807, 2.05) is 24.4 Å². The molecule has 0 saturated heterocycles. The Kier molecular flexibility index (Phi) is 14.1. The number of nitrogens with one attached hydrogen (secondary N) is 2. The smallest absolute Gasteiger partial charge is 0.191 e. The Morgan fingerprint density at radius 1 is 1.26 bits per heavy atom. The Bertz CT molecular complexity index is 416. The molecule has 132 valence electrons. The lowest BCUT2D eigenvalue weighted by Crippen LogP contribution is -2.41. The van der Waals surface area contributed by atoms with Crippen molar-refractivity contribution in [1.29, 1.82) is 0 Å². The summed E-state index contributed by atoms with van der Waals surface area (Å²) in [4.78, 5) is 10.8. The van der Waals surface area contributed by atoms with Crippen LogP contribution in [0.25, 0.3) is 0 Å². The van der Waals surface area contributed by atoms with Gasteiger partial charge in [-0.05, 0) is 25.6 Å². The molecule has 0 aromatic carbocycles. The van der Waals surface area contributed by atoms with Crippen LogP contribution >= 0.6 is 24.0 Å². The number of hydrogen-bond donors (Lipinski definition) is 2. The Morgan fingerprint density at radius 2 is 2.04 bits per heavy atom. The molecule has 1 rings (SSSR count). The lowest BCUT2D eigenvalue weighted by Gasteiger charge is -2.18. The molecule has 1 heterocycles. The summed E-state index contributed by atoms with van der Waals surface area (Å²) >= 11 is 0. The van der Waals surface area contributed by atoms with Gasteiger partial charge in [-0.15, -0.1) is 24.0 Å². The van der Waals surface area contributed by atoms with Gasteiger partial charge in [0.25, 0.3) is 0 Å². The predicted molar refractivity (Wildman–Crippen MR) is 107 cm³/mol. The summed E-state index contributed by atoms with van der Waals surface area (Å²) in [5, 5.41) is 6.63. The fourth-order valence-corrected chi connectivity index (χ4v) is 2.03. The van der Waals surface area contributed by atoms with Gasteiger partial charge in [0, 0.05) is 65.3 Å². The van der Waals surface area contributed by atoms with E-state index in [2.05, 4.69) is 32.6 Å². The molecule has 0 aliphatic rings. The number of aromatic nitrogens is 1. The van der Waals surface area contributed by atoms with Crippen molar-refractivity contribution in [3.05, 3.63) is 30.1 Å². The molecular weight excluding hydrogens is 405 g/mol. The highest BCUT2D eigenvalue weighted by atomic mass is 127. The highest BCUT2D eigenvalue weighted by molar-refractivity contribution is 14.0. The molecule has 2 N–H and O–H groups in total. The van der Waals surface area contributed by atoms with Crippen molar-refractivity contribution in [3.63, 3.8) is 0 Å². The van der Waals surface area contributed by atoms with Crippen LogP contribution in [-0.4, -0.2) is 69.8 Å². The lowest BCUT2D eigenvalue weighted by molar-refractivity contribution is 0.180. The normalized spacial score (nSPS) is 11.2. The van der Waals surface area contributed by atoms with Crippen LogP contribution in [-0.2, 0) is 11.2 Å². The lowest BCUT2D eigenvalue weighted by atomic mass is 10.3. The number of ether oxygens (including phenoxy) is 1. The molecule has 23 heavy (non-hydrogen) atoms. The average molecular weight is 435 g/mol. The fraction of sp³-hybridized carbons (Fsp3) is 0.625. The largest absolute Gasteiger partial charge is 0.385 e. The summed E-state index contributed by atoms with van der Waals surface area (Å²) < 4.78 is 5.06. The van der Waals surface area contributed by atoms with E-state index in [0.717, 1.165) is 57.3 Å². The first-order valence-electron chi connectivity index (χ1n) is 7.78. The number of guanidine groups is 1. The molecular formula is C16H30IN5O. The van der Waals surface area contributed by atoms with E-state index in [9.17, 15) is 0 Å². The van der Waals surface area contributed by atoms with E-state index in [4.69, 9.17) is 4.74 Å². The number of methoxy groups -OCH3 is 1. The van der Waals surface area contributed by atoms with E-state index in [1.54, 1.807) is 14.2 Å². The Hall–Kier alpha value is -0.930. The van der Waals surface area contributed by atoms with Crippen LogP contribution in [0.2, 0.25) is 0 Å². The van der Waals surface area contributed by atoms with Gasteiger partial charge in [0.2, 0.25) is 0 Å². The van der Waals surface area contributed by atoms with Gasteiger partial charge in [0.1, 0.15) is 0 Å². The van der Waals surface area contributed by atoms with E-state index in [-0.39, 0.29) is 24.0 Å². The zero-order valence-electron chi connectivity index (χ0n) is 14.4. The molecule has 0 aliphatic carbocycles. The van der Waals surface area contributed by atoms with Crippen molar-refractivity contribution in [2.75, 3.05) is 54.0 Å². The summed E-state index contributed by atoms with van der Waals surface area (Å²) in [6.07, 6.45) is 3.77. The summed E-state index contributed by atoms with van der Waals surface area (Å²) in [5.41, 5.74) is 1.09. The van der Waals surface area contributed by atoms with E-state index < -0.39 is 0 Å². The van der Waals surface area contributed by atoms with Crippen molar-refractivity contribution in [2.45, 2.75) is 12.8 Å². The van der Waals surface area contributed by atoms with Crippen molar-refractivity contribution < 1.29 is 4.74 Å². The number of hydrogen-bond acceptors (Lipinski definition) is 4. The topological polar surface area (TPSA) is 61.8 Å². The molecule has 7 heteroatoms. The Balaban J connectivity index is 0.00000484. The quantitative estimate of drug-likeness (QED) is 0.252. The number of rotatable bonds is 10. The van der Waals surface area contributed by atoms with Gasteiger partial charge >= 0.3 is 0 Å². The first-order chi connectivity index (χ1) is 10.8. The van der Waals surface area contributed by atoms with Crippen molar-refractivity contribution in [2.24, 2.45) is 4.99 Å². The van der Waals surface area contributed by atoms with E-state index in [0.29, 0.717) is 0 Å². The molecule has 0 radical (unpaired) electrons. The minimum Gasteiger partial charge on any atom is -0.385 e. The van der Waals surface area contributed by atoms with Gasteiger partial charge in [-0.3, -0.25) is 9.98 Å². The van der Waals surface area contributed by atoms with E-state index in [1.165, 1.54) is 0 Å². The monoisotopic (exact) mass is 435 g/mol. The first-order valence-corrected chi connectivity index (χ1v) is 7.78. The van der Waals surface area contributed by atoms with Crippen molar-refractivity contribution >= 4 is 29.9 Å². The van der Waals surface area contributed by atoms with Gasteiger partial charge in [0.15, 0.2) is 5.96 Å². The number of pyridine rings is 1. The molecule has 0 fully saturated rings. The third-order valence-electron chi connectivity index (χ3n) is 3.30. The second-order valence-corrected chi connectivity index (χ2v) is 5.15. The van der Waals surface area contributed by atoms with Crippen molar-refractivity contribution in [3.8, 4) is 0 Å². The first kappa shape index (κ1) is 22.1. The maximum absolute atomic E-state index is 5.06. The zero-order chi connectivity index (χ0) is 16.0. The predicted octanol–water partition coefficient (Wildman–Crippen LogP) is 1.38. The highest BCUT2D eigenvalue weighted by Crippen LogP contribution is 1.93. The molecule has 0 saturated carbocycles. The zero-order valence-corrected chi connectivity index (χ0v) is 16.7. The number of aliphatic imine (C=N–C) groups is 1. The molecule has 0 atom stereocenters. The summed E-state index contributed by atoms with van der Waals surface area (Å²) in [7, 11) is 5.65. The van der Waals surface area contributed by atoms with Crippen LogP contribution in [0, 0.1) is 0 Å². The summed E-state index contributed by atoms with van der Waals surface area (Å²) in [5.74, 6) is 0.834. The molecule has 0 aliphatic heterocycles. The Morgan fingerprint density at radius 3 is 2.70 bits per heavy atom. The molecule has 0 amide bonds. The molecule has 6 nitrogen and oxygen atoms in total. The van der Waals surface area contributed by atoms with Crippen LogP contribution in [0.5, 0.6) is 0 Å². The summed E-state index contributed by atoms with van der Waals surface area (Å²) in [6, 6.07) is 5.97. The van der Waals surface area contributed by atoms with Gasteiger partial charge in [-0.1, -0.05) is 6.07 Å². The second kappa shape index (κ2) is 14.6. The second-order valence-electron chi connectivity index (χ2n) is 5.15. The third kappa shape index (κ3) is 11.3. The van der Waals surface area contributed by atoms with Crippen LogP contribution in [0.3, 0.4) is 0 Å². The highest BCUT2D eigenvalue weighted by Gasteiger charge is 2.00. The van der Waals surface area contributed by atoms with Crippen LogP contribution in [0.4, 0.5) is 0 Å². The minimum atomic E-state index is 0. The molecule has 0 spiro atoms. The molecule has 0 unspecified atom stereocenters. The van der Waals surface area contributed by atoms with Crippen LogP contribution in [0.1, 0.15) is 12.1 Å². The van der Waals surface area contributed by atoms with Gasteiger partial charge in [-0.2, -0.15) is 0 Å². The third-order valence-corrected chi connectivity index (χ3v) is 3.30. The van der Waals surface area contributed by atoms with Crippen LogP contribution in [0.15, 0.2) is 29.4 Å².